The van der Waals surface area contributed by atoms with Gasteiger partial charge in [0.25, 0.3) is 0 Å². The van der Waals surface area contributed by atoms with Crippen LogP contribution in [0.5, 0.6) is 0 Å². The number of anilines is 1. The summed E-state index contributed by atoms with van der Waals surface area (Å²) in [5, 5.41) is 6.08. The summed E-state index contributed by atoms with van der Waals surface area (Å²) in [4.78, 5) is 14.6. The lowest BCUT2D eigenvalue weighted by molar-refractivity contribution is -0.118. The molecule has 140 valence electrons. The minimum Gasteiger partial charge on any atom is -0.358 e. The van der Waals surface area contributed by atoms with Crippen LogP contribution in [0.1, 0.15) is 37.5 Å². The third kappa shape index (κ3) is 2.94. The number of Topliss-reactive ketones (excluding diaryl/α,β-unsaturated/α-hetero) is 1. The first kappa shape index (κ1) is 17.6. The highest BCUT2D eigenvalue weighted by atomic mass is 32.2. The van der Waals surface area contributed by atoms with Crippen molar-refractivity contribution in [2.24, 2.45) is 5.41 Å². The maximum atomic E-state index is 13.4. The third-order valence-electron chi connectivity index (χ3n) is 5.71. The van der Waals surface area contributed by atoms with Crippen LogP contribution in [0.4, 0.5) is 5.69 Å². The fourth-order valence-electron chi connectivity index (χ4n) is 4.47. The summed E-state index contributed by atoms with van der Waals surface area (Å²) in [5.74, 6) is 0.275. The Bertz CT molecular complexity index is 1120. The van der Waals surface area contributed by atoms with Crippen molar-refractivity contribution < 1.29 is 4.79 Å². The standard InChI is InChI=1S/C25H23NOS/c1-25(2)14-20-23(21(27)15-25)24(28-22-13-6-5-12-19(22)26-20)18-11-7-9-16-8-3-4-10-17(16)18/h3-13,24,26H,14-15H2,1-2H3. The molecule has 0 amide bonds. The molecule has 0 fully saturated rings. The fourth-order valence-corrected chi connectivity index (χ4v) is 5.85. The number of carbonyl (C=O) groups excluding carboxylic acids is 1. The van der Waals surface area contributed by atoms with Crippen molar-refractivity contribution in [2.45, 2.75) is 36.8 Å². The van der Waals surface area contributed by atoms with Crippen molar-refractivity contribution in [3.63, 3.8) is 0 Å². The summed E-state index contributed by atoms with van der Waals surface area (Å²) < 4.78 is 0. The molecule has 1 unspecified atom stereocenters. The second-order valence-electron chi connectivity index (χ2n) is 8.52. The average molecular weight is 386 g/mol. The van der Waals surface area contributed by atoms with E-state index in [-0.39, 0.29) is 16.4 Å². The van der Waals surface area contributed by atoms with E-state index in [1.54, 1.807) is 11.8 Å². The first-order chi connectivity index (χ1) is 13.5. The Balaban J connectivity index is 1.76. The summed E-state index contributed by atoms with van der Waals surface area (Å²) in [7, 11) is 0. The van der Waals surface area contributed by atoms with Crippen LogP contribution in [0.2, 0.25) is 0 Å². The largest absolute Gasteiger partial charge is 0.358 e. The predicted octanol–water partition coefficient (Wildman–Crippen LogP) is 6.74. The smallest absolute Gasteiger partial charge is 0.162 e. The second-order valence-corrected chi connectivity index (χ2v) is 9.67. The number of carbonyl (C=O) groups is 1. The molecule has 3 aromatic rings. The summed E-state index contributed by atoms with van der Waals surface area (Å²) in [6.07, 6.45) is 1.50. The molecule has 1 aliphatic heterocycles. The molecule has 28 heavy (non-hydrogen) atoms. The van der Waals surface area contributed by atoms with Gasteiger partial charge in [-0.2, -0.15) is 0 Å². The first-order valence-corrected chi connectivity index (χ1v) is 10.7. The molecule has 0 saturated heterocycles. The highest BCUT2D eigenvalue weighted by molar-refractivity contribution is 8.00. The Morgan fingerprint density at radius 1 is 0.929 bits per heavy atom. The molecular formula is C25H23NOS. The van der Waals surface area contributed by atoms with E-state index in [4.69, 9.17) is 0 Å². The zero-order valence-corrected chi connectivity index (χ0v) is 17.0. The zero-order valence-electron chi connectivity index (χ0n) is 16.2. The van der Waals surface area contributed by atoms with Gasteiger partial charge in [0.05, 0.1) is 10.9 Å². The van der Waals surface area contributed by atoms with Crippen molar-refractivity contribution in [1.29, 1.82) is 0 Å². The van der Waals surface area contributed by atoms with Gasteiger partial charge in [-0.05, 0) is 40.3 Å². The Morgan fingerprint density at radius 2 is 1.68 bits per heavy atom. The van der Waals surface area contributed by atoms with Crippen LogP contribution in [0.3, 0.4) is 0 Å². The Hall–Kier alpha value is -2.52. The van der Waals surface area contributed by atoms with Gasteiger partial charge in [-0.15, -0.1) is 11.8 Å². The average Bonchev–Trinajstić information content (AvgIpc) is 2.83. The minimum absolute atomic E-state index is 0.000787. The molecule has 2 nitrogen and oxygen atoms in total. The number of rotatable bonds is 1. The number of hydrogen-bond acceptors (Lipinski definition) is 3. The van der Waals surface area contributed by atoms with Crippen molar-refractivity contribution in [1.82, 2.24) is 0 Å². The molecule has 5 rings (SSSR count). The Morgan fingerprint density at radius 3 is 2.57 bits per heavy atom. The number of nitrogens with one attached hydrogen (secondary N) is 1. The highest BCUT2D eigenvalue weighted by Gasteiger charge is 2.39. The van der Waals surface area contributed by atoms with E-state index in [2.05, 4.69) is 85.9 Å². The quantitative estimate of drug-likeness (QED) is 0.503. The molecule has 3 heteroatoms. The van der Waals surface area contributed by atoms with Gasteiger partial charge in [0.2, 0.25) is 0 Å². The van der Waals surface area contributed by atoms with Crippen LogP contribution >= 0.6 is 11.8 Å². The number of thioether (sulfide) groups is 1. The molecule has 3 aromatic carbocycles. The van der Waals surface area contributed by atoms with E-state index in [0.717, 1.165) is 23.4 Å². The SMILES string of the molecule is CC1(C)CC(=O)C2=C(C1)Nc1ccccc1SC2c1cccc2ccccc12. The molecule has 0 spiro atoms. The molecule has 0 aromatic heterocycles. The molecular weight excluding hydrogens is 362 g/mol. The van der Waals surface area contributed by atoms with E-state index >= 15 is 0 Å². The molecule has 0 radical (unpaired) electrons. The Labute approximate surface area is 170 Å². The molecule has 1 N–H and O–H groups in total. The van der Waals surface area contributed by atoms with E-state index < -0.39 is 0 Å². The van der Waals surface area contributed by atoms with Crippen molar-refractivity contribution in [2.75, 3.05) is 5.32 Å². The van der Waals surface area contributed by atoms with Crippen molar-refractivity contribution in [3.05, 3.63) is 83.6 Å². The van der Waals surface area contributed by atoms with Crippen LogP contribution in [0, 0.1) is 5.41 Å². The summed E-state index contributed by atoms with van der Waals surface area (Å²) >= 11 is 1.79. The molecule has 1 heterocycles. The van der Waals surface area contributed by atoms with Gasteiger partial charge in [-0.25, -0.2) is 0 Å². The maximum absolute atomic E-state index is 13.4. The van der Waals surface area contributed by atoms with Crippen LogP contribution in [-0.2, 0) is 4.79 Å². The first-order valence-electron chi connectivity index (χ1n) is 9.78. The van der Waals surface area contributed by atoms with Gasteiger partial charge in [-0.1, -0.05) is 68.4 Å². The molecule has 1 atom stereocenters. The van der Waals surface area contributed by atoms with Gasteiger partial charge >= 0.3 is 0 Å². The van der Waals surface area contributed by atoms with Gasteiger partial charge in [0, 0.05) is 22.6 Å². The van der Waals surface area contributed by atoms with E-state index in [1.165, 1.54) is 21.2 Å². The van der Waals surface area contributed by atoms with Gasteiger partial charge < -0.3 is 5.32 Å². The second kappa shape index (κ2) is 6.52. The van der Waals surface area contributed by atoms with Crippen molar-refractivity contribution >= 4 is 34.0 Å². The number of benzene rings is 3. The van der Waals surface area contributed by atoms with Gasteiger partial charge in [-0.3, -0.25) is 4.79 Å². The van der Waals surface area contributed by atoms with E-state index in [0.29, 0.717) is 6.42 Å². The number of allylic oxidation sites excluding steroid dienone is 1. The van der Waals surface area contributed by atoms with Crippen LogP contribution in [0.15, 0.2) is 82.9 Å². The lowest BCUT2D eigenvalue weighted by Crippen LogP contribution is -2.29. The monoisotopic (exact) mass is 385 g/mol. The van der Waals surface area contributed by atoms with E-state index in [1.807, 2.05) is 0 Å². The van der Waals surface area contributed by atoms with Crippen molar-refractivity contribution in [3.8, 4) is 0 Å². The Kier molecular flexibility index (Phi) is 4.09. The number of fused-ring (bicyclic) bond motifs is 2. The summed E-state index contributed by atoms with van der Waals surface area (Å²) in [6.45, 7) is 4.38. The van der Waals surface area contributed by atoms with Crippen LogP contribution < -0.4 is 5.32 Å². The number of ketones is 1. The fraction of sp³-hybridized carbons (Fsp3) is 0.240. The normalized spacial score (nSPS) is 20.9. The topological polar surface area (TPSA) is 29.1 Å². The predicted molar refractivity (Wildman–Crippen MR) is 118 cm³/mol. The van der Waals surface area contributed by atoms with Crippen LogP contribution in [0.25, 0.3) is 10.8 Å². The van der Waals surface area contributed by atoms with Gasteiger partial charge in [0.15, 0.2) is 5.78 Å². The van der Waals surface area contributed by atoms with Gasteiger partial charge in [0.1, 0.15) is 0 Å². The highest BCUT2D eigenvalue weighted by Crippen LogP contribution is 2.52. The lowest BCUT2D eigenvalue weighted by Gasteiger charge is -2.34. The number of para-hydroxylation sites is 1. The molecule has 2 aliphatic rings. The zero-order chi connectivity index (χ0) is 19.3. The number of hydrogen-bond donors (Lipinski definition) is 1. The minimum atomic E-state index is -0.0177. The summed E-state index contributed by atoms with van der Waals surface area (Å²) in [6, 6.07) is 23.3. The van der Waals surface area contributed by atoms with E-state index in [9.17, 15) is 4.79 Å². The van der Waals surface area contributed by atoms with Crippen LogP contribution in [-0.4, -0.2) is 5.78 Å². The molecule has 1 aliphatic carbocycles. The summed E-state index contributed by atoms with van der Waals surface area (Å²) in [5.41, 5.74) is 4.36. The molecule has 0 saturated carbocycles. The maximum Gasteiger partial charge on any atom is 0.162 e. The third-order valence-corrected chi connectivity index (χ3v) is 7.04. The lowest BCUT2D eigenvalue weighted by atomic mass is 9.74. The molecule has 0 bridgehead atoms.